The molecule has 2 atom stereocenters. The minimum atomic E-state index is -4.78. The SMILES string of the molecule is O=C(c1ccc(OCCOC(F)(F)F)c(F)c1)N1CC[C@@]2(c3nccs3)OCO[C@H]2C1. The van der Waals surface area contributed by atoms with Crippen LogP contribution >= 0.6 is 11.3 Å². The van der Waals surface area contributed by atoms with Crippen LogP contribution in [0.25, 0.3) is 0 Å². The van der Waals surface area contributed by atoms with Gasteiger partial charge in [-0.25, -0.2) is 9.37 Å². The predicted molar refractivity (Wildman–Crippen MR) is 99.0 cm³/mol. The Hall–Kier alpha value is -2.28. The number of rotatable bonds is 6. The van der Waals surface area contributed by atoms with Crippen LogP contribution in [-0.2, 0) is 19.8 Å². The Morgan fingerprint density at radius 1 is 1.35 bits per heavy atom. The number of likely N-dealkylation sites (tertiary alicyclic amines) is 1. The van der Waals surface area contributed by atoms with Crippen molar-refractivity contribution in [3.8, 4) is 5.75 Å². The number of alkyl halides is 3. The second kappa shape index (κ2) is 8.69. The molecule has 0 N–H and O–H groups in total. The van der Waals surface area contributed by atoms with Gasteiger partial charge >= 0.3 is 6.36 Å². The van der Waals surface area contributed by atoms with Gasteiger partial charge in [0.1, 0.15) is 24.5 Å². The molecule has 2 saturated heterocycles. The first kappa shape index (κ1) is 21.9. The molecule has 0 saturated carbocycles. The summed E-state index contributed by atoms with van der Waals surface area (Å²) in [6, 6.07) is 3.56. The summed E-state index contributed by atoms with van der Waals surface area (Å²) in [6.07, 6.45) is -3.00. The highest BCUT2D eigenvalue weighted by Gasteiger charge is 2.52. The van der Waals surface area contributed by atoms with Gasteiger partial charge in [-0.05, 0) is 18.2 Å². The average molecular weight is 462 g/mol. The van der Waals surface area contributed by atoms with Crippen molar-refractivity contribution in [2.24, 2.45) is 0 Å². The standard InChI is InChI=1S/C19H18F4N2O5S/c20-13-9-12(1-2-14(13)27-6-7-29-19(21,22)23)16(26)25-5-3-18(17-24-4-8-31-17)15(10-25)28-11-30-18/h1-2,4,8-9,15H,3,5-7,10-11H2/t15-,18+/m0/s1. The summed E-state index contributed by atoms with van der Waals surface area (Å²) < 4.78 is 70.2. The average Bonchev–Trinajstić information content (AvgIpc) is 3.40. The normalized spacial score (nSPS) is 23.6. The summed E-state index contributed by atoms with van der Waals surface area (Å²) >= 11 is 1.46. The zero-order chi connectivity index (χ0) is 22.1. The van der Waals surface area contributed by atoms with Gasteiger partial charge < -0.3 is 19.1 Å². The fourth-order valence-corrected chi connectivity index (χ4v) is 4.50. The molecule has 2 aromatic rings. The number of thiazole rings is 1. The highest BCUT2D eigenvalue weighted by atomic mass is 32.1. The lowest BCUT2D eigenvalue weighted by Gasteiger charge is -2.40. The molecule has 2 aliphatic heterocycles. The molecule has 2 fully saturated rings. The third kappa shape index (κ3) is 4.66. The summed E-state index contributed by atoms with van der Waals surface area (Å²) in [4.78, 5) is 18.8. The minimum absolute atomic E-state index is 0.0945. The first-order valence-corrected chi connectivity index (χ1v) is 10.2. The third-order valence-corrected chi connectivity index (χ3v) is 6.04. The molecule has 0 bridgehead atoms. The maximum atomic E-state index is 14.3. The van der Waals surface area contributed by atoms with Crippen molar-refractivity contribution < 1.29 is 41.3 Å². The molecule has 3 heterocycles. The number of aromatic nitrogens is 1. The van der Waals surface area contributed by atoms with Crippen LogP contribution in [0.3, 0.4) is 0 Å². The molecule has 4 rings (SSSR count). The first-order chi connectivity index (χ1) is 14.8. The molecule has 0 unspecified atom stereocenters. The number of hydrogen-bond donors (Lipinski definition) is 0. The lowest BCUT2D eigenvalue weighted by Crippen LogP contribution is -2.53. The summed E-state index contributed by atoms with van der Waals surface area (Å²) in [5.74, 6) is -1.52. The predicted octanol–water partition coefficient (Wildman–Crippen LogP) is 3.31. The van der Waals surface area contributed by atoms with Crippen LogP contribution in [0.15, 0.2) is 29.8 Å². The van der Waals surface area contributed by atoms with E-state index in [1.165, 1.54) is 23.5 Å². The van der Waals surface area contributed by atoms with Crippen LogP contribution in [-0.4, -0.2) is 61.4 Å². The highest BCUT2D eigenvalue weighted by Crippen LogP contribution is 2.43. The van der Waals surface area contributed by atoms with Gasteiger partial charge in [-0.3, -0.25) is 9.53 Å². The van der Waals surface area contributed by atoms with E-state index in [0.29, 0.717) is 13.0 Å². The molecule has 1 aromatic heterocycles. The fourth-order valence-electron chi connectivity index (χ4n) is 3.64. The molecule has 1 aromatic carbocycles. The Morgan fingerprint density at radius 3 is 2.90 bits per heavy atom. The largest absolute Gasteiger partial charge is 0.522 e. The number of carbonyl (C=O) groups is 1. The van der Waals surface area contributed by atoms with Crippen molar-refractivity contribution in [1.29, 1.82) is 0 Å². The number of nitrogens with zero attached hydrogens (tertiary/aromatic N) is 2. The maximum absolute atomic E-state index is 14.3. The van der Waals surface area contributed by atoms with Crippen LogP contribution < -0.4 is 4.74 Å². The molecule has 7 nitrogen and oxygen atoms in total. The monoisotopic (exact) mass is 462 g/mol. The van der Waals surface area contributed by atoms with Crippen LogP contribution in [0.5, 0.6) is 5.75 Å². The molecule has 0 spiro atoms. The van der Waals surface area contributed by atoms with Gasteiger partial charge in [0.2, 0.25) is 0 Å². The Morgan fingerprint density at radius 2 is 2.19 bits per heavy atom. The molecule has 2 aliphatic rings. The number of carbonyl (C=O) groups excluding carboxylic acids is 1. The molecule has 12 heteroatoms. The number of halogens is 4. The van der Waals surface area contributed by atoms with E-state index in [0.717, 1.165) is 11.1 Å². The van der Waals surface area contributed by atoms with E-state index in [2.05, 4.69) is 9.72 Å². The molecule has 31 heavy (non-hydrogen) atoms. The van der Waals surface area contributed by atoms with E-state index in [9.17, 15) is 22.4 Å². The Kier molecular flexibility index (Phi) is 6.15. The maximum Gasteiger partial charge on any atom is 0.522 e. The zero-order valence-corrected chi connectivity index (χ0v) is 16.9. The first-order valence-electron chi connectivity index (χ1n) is 9.36. The van der Waals surface area contributed by atoms with Crippen LogP contribution in [0.4, 0.5) is 17.6 Å². The second-order valence-corrected chi connectivity index (χ2v) is 7.83. The van der Waals surface area contributed by atoms with Crippen LogP contribution in [0.1, 0.15) is 21.8 Å². The van der Waals surface area contributed by atoms with E-state index in [1.807, 2.05) is 5.38 Å². The van der Waals surface area contributed by atoms with Gasteiger partial charge in [0.15, 0.2) is 17.2 Å². The van der Waals surface area contributed by atoms with Crippen molar-refractivity contribution in [2.45, 2.75) is 24.5 Å². The van der Waals surface area contributed by atoms with Gasteiger partial charge in [0.05, 0.1) is 13.2 Å². The summed E-state index contributed by atoms with van der Waals surface area (Å²) in [6.45, 7) is -0.541. The summed E-state index contributed by atoms with van der Waals surface area (Å²) in [5, 5.41) is 2.64. The van der Waals surface area contributed by atoms with E-state index >= 15 is 0 Å². The minimum Gasteiger partial charge on any atom is -0.488 e. The molecule has 168 valence electrons. The van der Waals surface area contributed by atoms with Crippen molar-refractivity contribution >= 4 is 17.2 Å². The van der Waals surface area contributed by atoms with Gasteiger partial charge in [0, 0.05) is 30.1 Å². The Bertz CT molecular complexity index is 927. The fraction of sp³-hybridized carbons (Fsp3) is 0.474. The lowest BCUT2D eigenvalue weighted by atomic mass is 9.89. The topological polar surface area (TPSA) is 70.1 Å². The molecule has 1 amide bonds. The van der Waals surface area contributed by atoms with Crippen molar-refractivity contribution in [2.75, 3.05) is 33.1 Å². The smallest absolute Gasteiger partial charge is 0.488 e. The van der Waals surface area contributed by atoms with Gasteiger partial charge in [-0.15, -0.1) is 24.5 Å². The number of hydrogen-bond acceptors (Lipinski definition) is 7. The lowest BCUT2D eigenvalue weighted by molar-refractivity contribution is -0.325. The van der Waals surface area contributed by atoms with Crippen molar-refractivity contribution in [3.05, 3.63) is 46.2 Å². The quantitative estimate of drug-likeness (QED) is 0.485. The van der Waals surface area contributed by atoms with Crippen molar-refractivity contribution in [1.82, 2.24) is 9.88 Å². The molecular weight excluding hydrogens is 444 g/mol. The number of fused-ring (bicyclic) bond motifs is 1. The summed E-state index contributed by atoms with van der Waals surface area (Å²) in [5.41, 5.74) is -0.594. The number of piperidine rings is 1. The van der Waals surface area contributed by atoms with E-state index in [1.54, 1.807) is 11.1 Å². The van der Waals surface area contributed by atoms with E-state index in [-0.39, 0.29) is 24.7 Å². The van der Waals surface area contributed by atoms with Crippen molar-refractivity contribution in [3.63, 3.8) is 0 Å². The van der Waals surface area contributed by atoms with Gasteiger partial charge in [-0.2, -0.15) is 0 Å². The third-order valence-electron chi connectivity index (χ3n) is 5.11. The van der Waals surface area contributed by atoms with Gasteiger partial charge in [0.25, 0.3) is 5.91 Å². The zero-order valence-electron chi connectivity index (χ0n) is 16.1. The van der Waals surface area contributed by atoms with E-state index in [4.69, 9.17) is 14.2 Å². The molecule has 0 radical (unpaired) electrons. The van der Waals surface area contributed by atoms with Crippen LogP contribution in [0, 0.1) is 5.82 Å². The molecule has 0 aliphatic carbocycles. The van der Waals surface area contributed by atoms with Gasteiger partial charge in [-0.1, -0.05) is 0 Å². The Balaban J connectivity index is 1.38. The molecular formula is C19H18F4N2O5S. The second-order valence-electron chi connectivity index (χ2n) is 6.93. The Labute approximate surface area is 178 Å². The summed E-state index contributed by atoms with van der Waals surface area (Å²) in [7, 11) is 0. The van der Waals surface area contributed by atoms with Crippen LogP contribution in [0.2, 0.25) is 0 Å². The number of ether oxygens (including phenoxy) is 4. The number of amides is 1. The number of benzene rings is 1. The highest BCUT2D eigenvalue weighted by molar-refractivity contribution is 7.09. The van der Waals surface area contributed by atoms with E-state index < -0.39 is 43.0 Å².